The molecular weight excluding hydrogens is 248 g/mol. The molecule has 96 valence electrons. The zero-order chi connectivity index (χ0) is 13.3. The number of likely N-dealkylation sites (tertiary alicyclic amines) is 1. The topological polar surface area (TPSA) is 63.4 Å². The third-order valence-electron chi connectivity index (χ3n) is 3.45. The molecule has 2 rings (SSSR count). The quantitative estimate of drug-likeness (QED) is 0.791. The maximum atomic E-state index is 12.2. The molecule has 1 aromatic rings. The van der Waals surface area contributed by atoms with Crippen LogP contribution in [-0.2, 0) is 4.79 Å². The van der Waals surface area contributed by atoms with E-state index in [1.165, 1.54) is 0 Å². The molecule has 18 heavy (non-hydrogen) atoms. The first-order valence-corrected chi connectivity index (χ1v) is 6.25. The summed E-state index contributed by atoms with van der Waals surface area (Å²) in [5.41, 5.74) is 5.36. The first-order chi connectivity index (χ1) is 8.42. The predicted octanol–water partition coefficient (Wildman–Crippen LogP) is 1.31. The Balaban J connectivity index is 2.15. The molecule has 1 unspecified atom stereocenters. The third kappa shape index (κ3) is 2.36. The van der Waals surface area contributed by atoms with Crippen LogP contribution in [-0.4, -0.2) is 29.8 Å². The van der Waals surface area contributed by atoms with E-state index in [9.17, 15) is 9.59 Å². The van der Waals surface area contributed by atoms with Gasteiger partial charge in [-0.25, -0.2) is 0 Å². The first kappa shape index (κ1) is 13.0. The minimum atomic E-state index is -0.603. The van der Waals surface area contributed by atoms with Crippen LogP contribution in [0.25, 0.3) is 0 Å². The highest BCUT2D eigenvalue weighted by Crippen LogP contribution is 2.30. The van der Waals surface area contributed by atoms with Gasteiger partial charge in [0.25, 0.3) is 5.91 Å². The van der Waals surface area contributed by atoms with E-state index in [2.05, 4.69) is 12.6 Å². The van der Waals surface area contributed by atoms with Gasteiger partial charge in [0.15, 0.2) is 0 Å². The number of hydrogen-bond donors (Lipinski definition) is 2. The number of carbonyl (C=O) groups excluding carboxylic acids is 2. The second kappa shape index (κ2) is 4.65. The van der Waals surface area contributed by atoms with Gasteiger partial charge in [0.1, 0.15) is 0 Å². The maximum Gasteiger partial charge on any atom is 0.253 e. The average molecular weight is 264 g/mol. The zero-order valence-corrected chi connectivity index (χ0v) is 11.1. The molecule has 0 aromatic heterocycles. The highest BCUT2D eigenvalue weighted by molar-refractivity contribution is 7.80. The Kier molecular flexibility index (Phi) is 3.34. The SMILES string of the molecule is CC1(C(N)=O)CCN(C(=O)c2cccc(S)c2)C1. The Bertz CT molecular complexity index is 504. The molecule has 2 N–H and O–H groups in total. The number of nitrogens with zero attached hydrogens (tertiary/aromatic N) is 1. The summed E-state index contributed by atoms with van der Waals surface area (Å²) < 4.78 is 0. The van der Waals surface area contributed by atoms with Crippen molar-refractivity contribution in [2.75, 3.05) is 13.1 Å². The monoisotopic (exact) mass is 264 g/mol. The molecule has 2 amide bonds. The fourth-order valence-electron chi connectivity index (χ4n) is 2.16. The lowest BCUT2D eigenvalue weighted by Crippen LogP contribution is -2.38. The fourth-order valence-corrected chi connectivity index (χ4v) is 2.38. The number of nitrogens with two attached hydrogens (primary N) is 1. The Morgan fingerprint density at radius 2 is 2.17 bits per heavy atom. The van der Waals surface area contributed by atoms with Gasteiger partial charge in [0.05, 0.1) is 5.41 Å². The first-order valence-electron chi connectivity index (χ1n) is 5.81. The van der Waals surface area contributed by atoms with Gasteiger partial charge in [0.2, 0.25) is 5.91 Å². The number of carbonyl (C=O) groups is 2. The third-order valence-corrected chi connectivity index (χ3v) is 3.73. The van der Waals surface area contributed by atoms with Gasteiger partial charge >= 0.3 is 0 Å². The molecule has 1 saturated heterocycles. The predicted molar refractivity (Wildman–Crippen MR) is 71.5 cm³/mol. The Hall–Kier alpha value is -1.49. The van der Waals surface area contributed by atoms with E-state index in [1.807, 2.05) is 6.07 Å². The normalized spacial score (nSPS) is 23.1. The van der Waals surface area contributed by atoms with Crippen molar-refractivity contribution in [1.29, 1.82) is 0 Å². The molecule has 1 atom stereocenters. The minimum Gasteiger partial charge on any atom is -0.369 e. The van der Waals surface area contributed by atoms with Crippen LogP contribution in [0.2, 0.25) is 0 Å². The van der Waals surface area contributed by atoms with Crippen molar-refractivity contribution in [2.24, 2.45) is 11.1 Å². The van der Waals surface area contributed by atoms with Crippen molar-refractivity contribution in [3.63, 3.8) is 0 Å². The van der Waals surface area contributed by atoms with E-state index < -0.39 is 5.41 Å². The molecule has 1 aliphatic heterocycles. The van der Waals surface area contributed by atoms with Gasteiger partial charge < -0.3 is 10.6 Å². The number of amides is 2. The van der Waals surface area contributed by atoms with Crippen LogP contribution in [0.1, 0.15) is 23.7 Å². The molecule has 1 aliphatic rings. The largest absolute Gasteiger partial charge is 0.369 e. The van der Waals surface area contributed by atoms with E-state index in [-0.39, 0.29) is 11.8 Å². The van der Waals surface area contributed by atoms with Gasteiger partial charge in [0, 0.05) is 23.5 Å². The van der Waals surface area contributed by atoms with Crippen LogP contribution in [0.5, 0.6) is 0 Å². The van der Waals surface area contributed by atoms with Gasteiger partial charge in [-0.15, -0.1) is 12.6 Å². The molecule has 0 radical (unpaired) electrons. The number of rotatable bonds is 2. The number of hydrogen-bond acceptors (Lipinski definition) is 3. The summed E-state index contributed by atoms with van der Waals surface area (Å²) in [6.07, 6.45) is 0.620. The minimum absolute atomic E-state index is 0.0733. The second-order valence-electron chi connectivity index (χ2n) is 4.95. The van der Waals surface area contributed by atoms with Gasteiger partial charge in [-0.3, -0.25) is 9.59 Å². The van der Waals surface area contributed by atoms with Crippen molar-refractivity contribution >= 4 is 24.4 Å². The highest BCUT2D eigenvalue weighted by atomic mass is 32.1. The van der Waals surface area contributed by atoms with Crippen LogP contribution >= 0.6 is 12.6 Å². The van der Waals surface area contributed by atoms with E-state index in [0.717, 1.165) is 4.90 Å². The van der Waals surface area contributed by atoms with Crippen LogP contribution < -0.4 is 5.73 Å². The maximum absolute atomic E-state index is 12.2. The Morgan fingerprint density at radius 1 is 1.44 bits per heavy atom. The lowest BCUT2D eigenvalue weighted by Gasteiger charge is -2.21. The summed E-state index contributed by atoms with van der Waals surface area (Å²) in [5.74, 6) is -0.420. The smallest absolute Gasteiger partial charge is 0.253 e. The van der Waals surface area contributed by atoms with Gasteiger partial charge in [-0.1, -0.05) is 6.07 Å². The molecule has 5 heteroatoms. The number of benzene rings is 1. The number of thiol groups is 1. The second-order valence-corrected chi connectivity index (χ2v) is 5.47. The summed E-state index contributed by atoms with van der Waals surface area (Å²) in [5, 5.41) is 0. The van der Waals surface area contributed by atoms with Crippen LogP contribution in [0.4, 0.5) is 0 Å². The summed E-state index contributed by atoms with van der Waals surface area (Å²) in [7, 11) is 0. The van der Waals surface area contributed by atoms with Crippen molar-refractivity contribution in [3.8, 4) is 0 Å². The van der Waals surface area contributed by atoms with E-state index in [4.69, 9.17) is 5.73 Å². The van der Waals surface area contributed by atoms with Crippen molar-refractivity contribution in [2.45, 2.75) is 18.2 Å². The van der Waals surface area contributed by atoms with E-state index in [0.29, 0.717) is 25.1 Å². The summed E-state index contributed by atoms with van der Waals surface area (Å²) in [6.45, 7) is 2.75. The van der Waals surface area contributed by atoms with Crippen molar-refractivity contribution in [1.82, 2.24) is 4.90 Å². The molecule has 0 spiro atoms. The molecule has 1 aromatic carbocycles. The molecule has 0 aliphatic carbocycles. The Labute approximate surface area is 112 Å². The fraction of sp³-hybridized carbons (Fsp3) is 0.385. The van der Waals surface area contributed by atoms with E-state index in [1.54, 1.807) is 30.0 Å². The van der Waals surface area contributed by atoms with Gasteiger partial charge in [-0.2, -0.15) is 0 Å². The standard InChI is InChI=1S/C13H16N2O2S/c1-13(12(14)17)5-6-15(8-13)11(16)9-3-2-4-10(18)7-9/h2-4,7,18H,5-6,8H2,1H3,(H2,14,17). The van der Waals surface area contributed by atoms with E-state index >= 15 is 0 Å². The summed E-state index contributed by atoms with van der Waals surface area (Å²) in [4.78, 5) is 26.0. The van der Waals surface area contributed by atoms with Crippen LogP contribution in [0, 0.1) is 5.41 Å². The molecule has 1 fully saturated rings. The molecule has 0 saturated carbocycles. The molecule has 0 bridgehead atoms. The lowest BCUT2D eigenvalue weighted by atomic mass is 9.89. The molecular formula is C13H16N2O2S. The molecule has 1 heterocycles. The van der Waals surface area contributed by atoms with Crippen LogP contribution in [0.15, 0.2) is 29.2 Å². The zero-order valence-electron chi connectivity index (χ0n) is 10.2. The van der Waals surface area contributed by atoms with Crippen molar-refractivity contribution in [3.05, 3.63) is 29.8 Å². The number of primary amides is 1. The molecule has 4 nitrogen and oxygen atoms in total. The Morgan fingerprint density at radius 3 is 2.72 bits per heavy atom. The summed E-state index contributed by atoms with van der Waals surface area (Å²) in [6, 6.07) is 7.09. The van der Waals surface area contributed by atoms with Gasteiger partial charge in [-0.05, 0) is 31.5 Å². The van der Waals surface area contributed by atoms with Crippen molar-refractivity contribution < 1.29 is 9.59 Å². The average Bonchev–Trinajstić information content (AvgIpc) is 2.72. The van der Waals surface area contributed by atoms with Crippen LogP contribution in [0.3, 0.4) is 0 Å². The highest BCUT2D eigenvalue weighted by Gasteiger charge is 2.40. The summed E-state index contributed by atoms with van der Waals surface area (Å²) >= 11 is 4.21. The lowest BCUT2D eigenvalue weighted by molar-refractivity contribution is -0.126.